The molecule has 2 aromatic rings. The first-order valence-electron chi connectivity index (χ1n) is 5.40. The third kappa shape index (κ3) is 2.42. The van der Waals surface area contributed by atoms with E-state index in [9.17, 15) is 4.79 Å². The lowest BCUT2D eigenvalue weighted by Crippen LogP contribution is -2.13. The Morgan fingerprint density at radius 3 is 2.94 bits per heavy atom. The van der Waals surface area contributed by atoms with Gasteiger partial charge in [-0.05, 0) is 53.3 Å². The van der Waals surface area contributed by atoms with Crippen LogP contribution in [0.15, 0.2) is 44.4 Å². The van der Waals surface area contributed by atoms with E-state index in [0.717, 1.165) is 18.4 Å². The van der Waals surface area contributed by atoms with E-state index in [1.54, 1.807) is 17.4 Å². The van der Waals surface area contributed by atoms with E-state index in [1.807, 2.05) is 6.07 Å². The van der Waals surface area contributed by atoms with Gasteiger partial charge in [-0.2, -0.15) is 11.3 Å². The largest absolute Gasteiger partial charge is 0.431 e. The standard InChI is InChI=1S/C13H14O2S/c1-2-11(8-10-5-7-16-9-10)12-4-3-6-15-13(12)14/h3-7,9,11H,2,8H2,1H3. The maximum Gasteiger partial charge on any atom is 0.339 e. The fourth-order valence-corrected chi connectivity index (χ4v) is 2.53. The maximum atomic E-state index is 11.6. The van der Waals surface area contributed by atoms with Gasteiger partial charge in [-0.25, -0.2) is 4.79 Å². The average Bonchev–Trinajstić information content (AvgIpc) is 2.80. The van der Waals surface area contributed by atoms with Crippen LogP contribution in [0.5, 0.6) is 0 Å². The van der Waals surface area contributed by atoms with Crippen molar-refractivity contribution in [3.63, 3.8) is 0 Å². The van der Waals surface area contributed by atoms with Crippen molar-refractivity contribution in [2.24, 2.45) is 0 Å². The second kappa shape index (κ2) is 5.12. The first-order chi connectivity index (χ1) is 7.81. The van der Waals surface area contributed by atoms with Gasteiger partial charge >= 0.3 is 5.63 Å². The first-order valence-corrected chi connectivity index (χ1v) is 6.34. The number of hydrogen-bond donors (Lipinski definition) is 0. The predicted octanol–water partition coefficient (Wildman–Crippen LogP) is 3.44. The molecule has 0 aliphatic heterocycles. The van der Waals surface area contributed by atoms with Gasteiger partial charge in [-0.3, -0.25) is 0 Å². The molecule has 2 heterocycles. The average molecular weight is 234 g/mol. The van der Waals surface area contributed by atoms with E-state index in [4.69, 9.17) is 4.42 Å². The third-order valence-electron chi connectivity index (χ3n) is 2.76. The molecule has 84 valence electrons. The molecule has 0 amide bonds. The van der Waals surface area contributed by atoms with Crippen molar-refractivity contribution < 1.29 is 4.42 Å². The Bertz CT molecular complexity index is 485. The summed E-state index contributed by atoms with van der Waals surface area (Å²) in [5, 5.41) is 4.20. The fraction of sp³-hybridized carbons (Fsp3) is 0.308. The second-order valence-corrected chi connectivity index (χ2v) is 4.58. The highest BCUT2D eigenvalue weighted by atomic mass is 32.1. The Morgan fingerprint density at radius 1 is 1.44 bits per heavy atom. The molecule has 0 aliphatic carbocycles. The van der Waals surface area contributed by atoms with E-state index in [0.29, 0.717) is 0 Å². The van der Waals surface area contributed by atoms with Crippen LogP contribution in [-0.2, 0) is 6.42 Å². The molecule has 2 rings (SSSR count). The van der Waals surface area contributed by atoms with E-state index in [1.165, 1.54) is 11.8 Å². The molecule has 2 nitrogen and oxygen atoms in total. The molecule has 0 fully saturated rings. The molecule has 0 radical (unpaired) electrons. The highest BCUT2D eigenvalue weighted by Gasteiger charge is 2.14. The van der Waals surface area contributed by atoms with Crippen LogP contribution < -0.4 is 5.63 Å². The highest BCUT2D eigenvalue weighted by molar-refractivity contribution is 7.07. The fourth-order valence-electron chi connectivity index (χ4n) is 1.85. The minimum atomic E-state index is -0.204. The van der Waals surface area contributed by atoms with Crippen molar-refractivity contribution in [2.45, 2.75) is 25.7 Å². The van der Waals surface area contributed by atoms with E-state index < -0.39 is 0 Å². The van der Waals surface area contributed by atoms with Crippen LogP contribution in [0.1, 0.15) is 30.4 Å². The van der Waals surface area contributed by atoms with E-state index >= 15 is 0 Å². The van der Waals surface area contributed by atoms with Gasteiger partial charge in [-0.15, -0.1) is 0 Å². The van der Waals surface area contributed by atoms with E-state index in [-0.39, 0.29) is 11.5 Å². The van der Waals surface area contributed by atoms with Gasteiger partial charge in [0.25, 0.3) is 0 Å². The molecule has 1 unspecified atom stereocenters. The molecule has 16 heavy (non-hydrogen) atoms. The molecule has 0 spiro atoms. The Labute approximate surface area is 98.6 Å². The number of hydrogen-bond acceptors (Lipinski definition) is 3. The van der Waals surface area contributed by atoms with Crippen molar-refractivity contribution in [3.8, 4) is 0 Å². The summed E-state index contributed by atoms with van der Waals surface area (Å²) in [6.07, 6.45) is 3.29. The summed E-state index contributed by atoms with van der Waals surface area (Å²) in [5.41, 5.74) is 1.88. The lowest BCUT2D eigenvalue weighted by atomic mass is 9.92. The predicted molar refractivity (Wildman–Crippen MR) is 66.0 cm³/mol. The van der Waals surface area contributed by atoms with Crippen molar-refractivity contribution in [1.29, 1.82) is 0 Å². The van der Waals surface area contributed by atoms with Crippen molar-refractivity contribution in [1.82, 2.24) is 0 Å². The Morgan fingerprint density at radius 2 is 2.31 bits per heavy atom. The van der Waals surface area contributed by atoms with Crippen molar-refractivity contribution in [2.75, 3.05) is 0 Å². The molecule has 0 saturated carbocycles. The molecule has 3 heteroatoms. The molecule has 2 aromatic heterocycles. The molecule has 0 N–H and O–H groups in total. The lowest BCUT2D eigenvalue weighted by Gasteiger charge is -2.12. The van der Waals surface area contributed by atoms with Crippen LogP contribution in [0.25, 0.3) is 0 Å². The molecular formula is C13H14O2S. The summed E-state index contributed by atoms with van der Waals surface area (Å²) < 4.78 is 4.91. The molecule has 1 atom stereocenters. The van der Waals surface area contributed by atoms with Crippen LogP contribution in [-0.4, -0.2) is 0 Å². The van der Waals surface area contributed by atoms with Gasteiger partial charge in [0.05, 0.1) is 6.26 Å². The van der Waals surface area contributed by atoms with Crippen LogP contribution in [0.3, 0.4) is 0 Å². The van der Waals surface area contributed by atoms with Crippen molar-refractivity contribution in [3.05, 3.63) is 56.8 Å². The van der Waals surface area contributed by atoms with Crippen LogP contribution >= 0.6 is 11.3 Å². The highest BCUT2D eigenvalue weighted by Crippen LogP contribution is 2.22. The summed E-state index contributed by atoms with van der Waals surface area (Å²) in [4.78, 5) is 11.6. The Balaban J connectivity index is 2.23. The van der Waals surface area contributed by atoms with Gasteiger partial charge in [0.15, 0.2) is 0 Å². The second-order valence-electron chi connectivity index (χ2n) is 3.80. The summed E-state index contributed by atoms with van der Waals surface area (Å²) in [6, 6.07) is 5.76. The normalized spacial score (nSPS) is 12.6. The zero-order chi connectivity index (χ0) is 11.4. The van der Waals surface area contributed by atoms with Gasteiger partial charge in [0.1, 0.15) is 0 Å². The molecule has 0 saturated heterocycles. The number of rotatable bonds is 4. The third-order valence-corrected chi connectivity index (χ3v) is 3.49. The van der Waals surface area contributed by atoms with Crippen LogP contribution in [0.4, 0.5) is 0 Å². The zero-order valence-corrected chi connectivity index (χ0v) is 10.00. The Kier molecular flexibility index (Phi) is 3.57. The van der Waals surface area contributed by atoms with Gasteiger partial charge in [0, 0.05) is 5.56 Å². The monoisotopic (exact) mass is 234 g/mol. The summed E-state index contributed by atoms with van der Waals surface area (Å²) in [6.45, 7) is 2.10. The quantitative estimate of drug-likeness (QED) is 0.811. The SMILES string of the molecule is CCC(Cc1ccsc1)c1cccoc1=O. The summed E-state index contributed by atoms with van der Waals surface area (Å²) in [7, 11) is 0. The summed E-state index contributed by atoms with van der Waals surface area (Å²) >= 11 is 1.69. The Hall–Kier alpha value is -1.35. The van der Waals surface area contributed by atoms with Crippen LogP contribution in [0, 0.1) is 0 Å². The minimum absolute atomic E-state index is 0.204. The minimum Gasteiger partial charge on any atom is -0.431 e. The molecular weight excluding hydrogens is 220 g/mol. The topological polar surface area (TPSA) is 30.2 Å². The number of thiophene rings is 1. The van der Waals surface area contributed by atoms with Crippen LogP contribution in [0.2, 0.25) is 0 Å². The van der Waals surface area contributed by atoms with Crippen molar-refractivity contribution >= 4 is 11.3 Å². The van der Waals surface area contributed by atoms with Gasteiger partial charge in [-0.1, -0.05) is 6.92 Å². The molecule has 0 aliphatic rings. The zero-order valence-electron chi connectivity index (χ0n) is 9.18. The smallest absolute Gasteiger partial charge is 0.339 e. The molecule has 0 bridgehead atoms. The van der Waals surface area contributed by atoms with Gasteiger partial charge in [0.2, 0.25) is 0 Å². The van der Waals surface area contributed by atoms with E-state index in [2.05, 4.69) is 23.8 Å². The maximum absolute atomic E-state index is 11.6. The van der Waals surface area contributed by atoms with Gasteiger partial charge < -0.3 is 4.42 Å². The first kappa shape index (κ1) is 11.1. The lowest BCUT2D eigenvalue weighted by molar-refractivity contribution is 0.487. The molecule has 0 aromatic carbocycles. The summed E-state index contributed by atoms with van der Waals surface area (Å²) in [5.74, 6) is 0.257.